The zero-order valence-electron chi connectivity index (χ0n) is 15.0. The molecule has 0 saturated carbocycles. The predicted octanol–water partition coefficient (Wildman–Crippen LogP) is 4.38. The number of benzene rings is 2. The summed E-state index contributed by atoms with van der Waals surface area (Å²) in [6.07, 6.45) is 0.835. The maximum atomic E-state index is 12.4. The molecule has 0 spiro atoms. The number of nitrogens with one attached hydrogen (secondary N) is 1. The van der Waals surface area contributed by atoms with Crippen molar-refractivity contribution in [1.82, 2.24) is 4.90 Å². The molecule has 1 N–H and O–H groups in total. The van der Waals surface area contributed by atoms with Crippen LogP contribution in [-0.2, 0) is 4.79 Å². The third-order valence-electron chi connectivity index (χ3n) is 4.06. The third-order valence-corrected chi connectivity index (χ3v) is 4.32. The number of hydrogen-bond donors (Lipinski definition) is 1. The van der Waals surface area contributed by atoms with Crippen molar-refractivity contribution in [1.29, 1.82) is 0 Å². The molecule has 5 heteroatoms. The zero-order valence-corrected chi connectivity index (χ0v) is 15.7. The minimum atomic E-state index is -0.212. The lowest BCUT2D eigenvalue weighted by Gasteiger charge is -2.24. The van der Waals surface area contributed by atoms with E-state index in [-0.39, 0.29) is 11.9 Å². The molecule has 2 aromatic rings. The van der Waals surface area contributed by atoms with Gasteiger partial charge in [-0.3, -0.25) is 9.69 Å². The number of rotatable bonds is 8. The summed E-state index contributed by atoms with van der Waals surface area (Å²) in [5.41, 5.74) is 1.95. The highest BCUT2D eigenvalue weighted by Crippen LogP contribution is 2.15. The van der Waals surface area contributed by atoms with E-state index in [4.69, 9.17) is 16.3 Å². The fourth-order valence-electron chi connectivity index (χ4n) is 2.40. The molecule has 1 amide bonds. The van der Waals surface area contributed by atoms with Crippen LogP contribution in [0.25, 0.3) is 0 Å². The van der Waals surface area contributed by atoms with Gasteiger partial charge in [0.2, 0.25) is 5.91 Å². The standard InChI is InChI=1S/C20H25ClN2O2/c1-15-6-4-7-18(14-15)22-20(24)16(2)23(3)12-5-13-25-19-10-8-17(21)9-11-19/h4,6-11,14,16H,5,12-13H2,1-3H3,(H,22,24). The number of likely N-dealkylation sites (N-methyl/N-ethyl adjacent to an activating group) is 1. The highest BCUT2D eigenvalue weighted by molar-refractivity contribution is 6.30. The van der Waals surface area contributed by atoms with Gasteiger partial charge in [-0.25, -0.2) is 0 Å². The molecule has 0 saturated heterocycles. The molecule has 0 aliphatic carbocycles. The largest absolute Gasteiger partial charge is 0.494 e. The van der Waals surface area contributed by atoms with Crippen molar-refractivity contribution in [3.63, 3.8) is 0 Å². The van der Waals surface area contributed by atoms with E-state index in [0.29, 0.717) is 11.6 Å². The van der Waals surface area contributed by atoms with Crippen molar-refractivity contribution in [2.75, 3.05) is 25.5 Å². The van der Waals surface area contributed by atoms with E-state index in [2.05, 4.69) is 5.32 Å². The van der Waals surface area contributed by atoms with Gasteiger partial charge in [-0.1, -0.05) is 23.7 Å². The number of hydrogen-bond acceptors (Lipinski definition) is 3. The summed E-state index contributed by atoms with van der Waals surface area (Å²) >= 11 is 5.85. The Balaban J connectivity index is 1.72. The minimum Gasteiger partial charge on any atom is -0.494 e. The van der Waals surface area contributed by atoms with Crippen LogP contribution in [0.4, 0.5) is 5.69 Å². The van der Waals surface area contributed by atoms with Gasteiger partial charge in [0.25, 0.3) is 0 Å². The van der Waals surface area contributed by atoms with E-state index in [1.165, 1.54) is 0 Å². The quantitative estimate of drug-likeness (QED) is 0.710. The molecule has 1 atom stereocenters. The fraction of sp³-hybridized carbons (Fsp3) is 0.350. The summed E-state index contributed by atoms with van der Waals surface area (Å²) in [5.74, 6) is 0.795. The van der Waals surface area contributed by atoms with Gasteiger partial charge in [-0.15, -0.1) is 0 Å². The van der Waals surface area contributed by atoms with E-state index in [1.54, 1.807) is 12.1 Å². The number of carbonyl (C=O) groups excluding carboxylic acids is 1. The number of carbonyl (C=O) groups is 1. The Morgan fingerprint density at radius 3 is 2.64 bits per heavy atom. The van der Waals surface area contributed by atoms with Crippen molar-refractivity contribution in [2.45, 2.75) is 26.3 Å². The zero-order chi connectivity index (χ0) is 18.2. The van der Waals surface area contributed by atoms with Crippen LogP contribution in [0.15, 0.2) is 48.5 Å². The first kappa shape index (κ1) is 19.3. The molecule has 0 aliphatic rings. The normalized spacial score (nSPS) is 12.0. The molecular weight excluding hydrogens is 336 g/mol. The Bertz CT molecular complexity index is 688. The van der Waals surface area contributed by atoms with Crippen LogP contribution in [0, 0.1) is 6.92 Å². The van der Waals surface area contributed by atoms with E-state index in [9.17, 15) is 4.79 Å². The maximum absolute atomic E-state index is 12.4. The number of aryl methyl sites for hydroxylation is 1. The molecule has 0 aliphatic heterocycles. The first-order valence-electron chi connectivity index (χ1n) is 8.42. The number of ether oxygens (including phenoxy) is 1. The summed E-state index contributed by atoms with van der Waals surface area (Å²) in [4.78, 5) is 14.4. The number of nitrogens with zero attached hydrogens (tertiary/aromatic N) is 1. The van der Waals surface area contributed by atoms with E-state index < -0.39 is 0 Å². The summed E-state index contributed by atoms with van der Waals surface area (Å²) in [6.45, 7) is 5.28. The first-order valence-corrected chi connectivity index (χ1v) is 8.79. The summed E-state index contributed by atoms with van der Waals surface area (Å²) in [5, 5.41) is 3.66. The SMILES string of the molecule is Cc1cccc(NC(=O)C(C)N(C)CCCOc2ccc(Cl)cc2)c1. The van der Waals surface area contributed by atoms with Gasteiger partial charge >= 0.3 is 0 Å². The van der Waals surface area contributed by atoms with Crippen LogP contribution in [0.2, 0.25) is 5.02 Å². The van der Waals surface area contributed by atoms with Crippen LogP contribution in [0.5, 0.6) is 5.75 Å². The fourth-order valence-corrected chi connectivity index (χ4v) is 2.52. The van der Waals surface area contributed by atoms with Crippen molar-refractivity contribution in [3.05, 3.63) is 59.1 Å². The first-order chi connectivity index (χ1) is 12.0. The number of amides is 1. The van der Waals surface area contributed by atoms with Gasteiger partial charge in [-0.05, 0) is 69.3 Å². The lowest BCUT2D eigenvalue weighted by Crippen LogP contribution is -2.40. The maximum Gasteiger partial charge on any atom is 0.241 e. The lowest BCUT2D eigenvalue weighted by atomic mass is 10.2. The minimum absolute atomic E-state index is 0.00767. The topological polar surface area (TPSA) is 41.6 Å². The Hall–Kier alpha value is -2.04. The van der Waals surface area contributed by atoms with Crippen LogP contribution in [0.3, 0.4) is 0 Å². The molecule has 0 bridgehead atoms. The van der Waals surface area contributed by atoms with Crippen LogP contribution >= 0.6 is 11.6 Å². The van der Waals surface area contributed by atoms with E-state index in [1.807, 2.05) is 62.2 Å². The Kier molecular flexibility index (Phi) is 7.29. The second kappa shape index (κ2) is 9.44. The lowest BCUT2D eigenvalue weighted by molar-refractivity contribution is -0.120. The Labute approximate surface area is 154 Å². The van der Waals surface area contributed by atoms with Crippen molar-refractivity contribution in [2.24, 2.45) is 0 Å². The molecule has 4 nitrogen and oxygen atoms in total. The molecule has 134 valence electrons. The number of halogens is 1. The Morgan fingerprint density at radius 1 is 1.24 bits per heavy atom. The van der Waals surface area contributed by atoms with Gasteiger partial charge in [0.15, 0.2) is 0 Å². The smallest absolute Gasteiger partial charge is 0.241 e. The van der Waals surface area contributed by atoms with Crippen molar-refractivity contribution >= 4 is 23.2 Å². The molecule has 0 heterocycles. The number of anilines is 1. The van der Waals surface area contributed by atoms with Crippen LogP contribution in [-0.4, -0.2) is 37.0 Å². The molecule has 0 radical (unpaired) electrons. The summed E-state index contributed by atoms with van der Waals surface area (Å²) in [6, 6.07) is 14.9. The van der Waals surface area contributed by atoms with Gasteiger partial charge in [0.05, 0.1) is 12.6 Å². The van der Waals surface area contributed by atoms with E-state index >= 15 is 0 Å². The van der Waals surface area contributed by atoms with Gasteiger partial charge < -0.3 is 10.1 Å². The highest BCUT2D eigenvalue weighted by atomic mass is 35.5. The van der Waals surface area contributed by atoms with Crippen molar-refractivity contribution in [3.8, 4) is 5.75 Å². The molecule has 0 fully saturated rings. The third kappa shape index (κ3) is 6.40. The summed E-state index contributed by atoms with van der Waals surface area (Å²) < 4.78 is 5.67. The molecular formula is C20H25ClN2O2. The van der Waals surface area contributed by atoms with Crippen LogP contribution in [0.1, 0.15) is 18.9 Å². The van der Waals surface area contributed by atoms with Gasteiger partial charge in [0.1, 0.15) is 5.75 Å². The second-order valence-corrected chi connectivity index (χ2v) is 6.61. The molecule has 1 unspecified atom stereocenters. The predicted molar refractivity (Wildman–Crippen MR) is 103 cm³/mol. The molecule has 0 aromatic heterocycles. The van der Waals surface area contributed by atoms with Gasteiger partial charge in [0, 0.05) is 17.3 Å². The van der Waals surface area contributed by atoms with Crippen molar-refractivity contribution < 1.29 is 9.53 Å². The van der Waals surface area contributed by atoms with Crippen LogP contribution < -0.4 is 10.1 Å². The van der Waals surface area contributed by atoms with Gasteiger partial charge in [-0.2, -0.15) is 0 Å². The molecule has 2 rings (SSSR count). The monoisotopic (exact) mass is 360 g/mol. The molecule has 25 heavy (non-hydrogen) atoms. The Morgan fingerprint density at radius 2 is 1.96 bits per heavy atom. The molecule has 2 aromatic carbocycles. The summed E-state index contributed by atoms with van der Waals surface area (Å²) in [7, 11) is 1.95. The average Bonchev–Trinajstić information content (AvgIpc) is 2.59. The highest BCUT2D eigenvalue weighted by Gasteiger charge is 2.17. The van der Waals surface area contributed by atoms with E-state index in [0.717, 1.165) is 30.0 Å². The second-order valence-electron chi connectivity index (χ2n) is 6.17. The average molecular weight is 361 g/mol.